The number of allylic oxidation sites excluding steroid dienone is 1. The number of hydrogen-bond donors (Lipinski definition) is 2. The van der Waals surface area contributed by atoms with Crippen molar-refractivity contribution >= 4 is 10.9 Å². The van der Waals surface area contributed by atoms with Gasteiger partial charge in [-0.2, -0.15) is 7.05 Å². The fourth-order valence-corrected chi connectivity index (χ4v) is 6.27. The summed E-state index contributed by atoms with van der Waals surface area (Å²) >= 11 is 0. The third kappa shape index (κ3) is 2.37. The van der Waals surface area contributed by atoms with Gasteiger partial charge in [0.15, 0.2) is 0 Å². The van der Waals surface area contributed by atoms with E-state index in [1.165, 1.54) is 40.6 Å². The van der Waals surface area contributed by atoms with Crippen molar-refractivity contribution in [3.8, 4) is 0 Å². The van der Waals surface area contributed by atoms with Gasteiger partial charge in [0, 0.05) is 33.3 Å². The molecule has 1 fully saturated rings. The molecule has 3 N–H and O–H groups in total. The van der Waals surface area contributed by atoms with Crippen LogP contribution in [-0.2, 0) is 10.8 Å². The molecule has 1 aromatic heterocycles. The van der Waals surface area contributed by atoms with E-state index in [1.54, 1.807) is 0 Å². The lowest BCUT2D eigenvalue weighted by atomic mass is 9.50. The molecule has 2 aromatic rings. The summed E-state index contributed by atoms with van der Waals surface area (Å²) in [5, 5.41) is 3.66. The van der Waals surface area contributed by atoms with Gasteiger partial charge in [-0.15, -0.1) is 13.2 Å². The molecule has 2 aliphatic rings. The zero-order chi connectivity index (χ0) is 20.5. The molecule has 0 saturated heterocycles. The molecule has 2 heteroatoms. The summed E-state index contributed by atoms with van der Waals surface area (Å²) < 4.78 is 0. The summed E-state index contributed by atoms with van der Waals surface area (Å²) in [5.41, 5.74) is 5.72. The first-order valence-corrected chi connectivity index (χ1v) is 10.7. The predicted molar refractivity (Wildman–Crippen MR) is 119 cm³/mol. The number of fused-ring (bicyclic) bond motifs is 2. The second kappa shape index (κ2) is 6.10. The van der Waals surface area contributed by atoms with Crippen LogP contribution < -0.4 is 5.32 Å². The van der Waals surface area contributed by atoms with Crippen molar-refractivity contribution < 1.29 is 5.32 Å². The van der Waals surface area contributed by atoms with Gasteiger partial charge in [0.05, 0.1) is 6.04 Å². The summed E-state index contributed by atoms with van der Waals surface area (Å²) in [5.74, 6) is 1.04. The maximum atomic E-state index is 4.30. The average molecular weight is 377 g/mol. The topological polar surface area (TPSA) is 32.4 Å². The second-order valence-electron chi connectivity index (χ2n) is 10.4. The molecule has 1 saturated carbocycles. The van der Waals surface area contributed by atoms with Crippen LogP contribution in [-0.4, -0.2) is 11.0 Å². The largest absolute Gasteiger partial charge is 0.475 e. The zero-order valence-electron chi connectivity index (χ0n) is 18.2. The van der Waals surface area contributed by atoms with Crippen molar-refractivity contribution in [2.24, 2.45) is 11.3 Å². The monoisotopic (exact) mass is 376 g/mol. The van der Waals surface area contributed by atoms with Gasteiger partial charge in [-0.25, -0.2) is 0 Å². The Balaban J connectivity index is 2.11. The standard InChI is InChI=1S/C26H36N2/c1-9-24(3,4)22-21-19-16(12-11-13-18(19)28-22)25(5,6)17-14-15-26(7,10-2)23(27-8)20(17)21/h9-13,17,20,23,28H,1-2,8,14-15,27H2,3-7H3/t17-,20-,23+,26-/m1/s1. The lowest BCUT2D eigenvalue weighted by Gasteiger charge is -2.55. The lowest BCUT2D eigenvalue weighted by Crippen LogP contribution is -2.90. The summed E-state index contributed by atoms with van der Waals surface area (Å²) in [6, 6.07) is 7.19. The quantitative estimate of drug-likeness (QED) is 0.534. The molecule has 4 rings (SSSR count). The van der Waals surface area contributed by atoms with Gasteiger partial charge in [0.2, 0.25) is 0 Å². The second-order valence-corrected chi connectivity index (χ2v) is 10.4. The van der Waals surface area contributed by atoms with E-state index in [-0.39, 0.29) is 16.2 Å². The first-order chi connectivity index (χ1) is 13.1. The molecule has 1 heterocycles. The number of benzene rings is 1. The van der Waals surface area contributed by atoms with Gasteiger partial charge in [-0.3, -0.25) is 0 Å². The number of quaternary nitrogens is 1. The number of rotatable bonds is 4. The Morgan fingerprint density at radius 2 is 1.96 bits per heavy atom. The number of aromatic amines is 1. The Morgan fingerprint density at radius 1 is 1.25 bits per heavy atom. The highest BCUT2D eigenvalue weighted by Crippen LogP contribution is 2.59. The van der Waals surface area contributed by atoms with E-state index >= 15 is 0 Å². The van der Waals surface area contributed by atoms with Crippen LogP contribution in [0, 0.1) is 18.4 Å². The van der Waals surface area contributed by atoms with Crippen LogP contribution in [0.1, 0.15) is 70.2 Å². The van der Waals surface area contributed by atoms with E-state index in [0.717, 1.165) is 0 Å². The Labute approximate surface area is 170 Å². The molecule has 1 aromatic carbocycles. The maximum absolute atomic E-state index is 4.30. The van der Waals surface area contributed by atoms with Gasteiger partial charge in [-0.05, 0) is 41.4 Å². The van der Waals surface area contributed by atoms with Crippen molar-refractivity contribution in [2.45, 2.75) is 70.3 Å². The molecular formula is C26H36N2. The van der Waals surface area contributed by atoms with Crippen molar-refractivity contribution in [3.05, 3.63) is 67.4 Å². The fourth-order valence-electron chi connectivity index (χ4n) is 6.27. The SMILES string of the molecule is C=CC(C)(C)c1[nH]c2cccc3c2c1[C@H]1[C@@H](CC[C@@](C)(C=C)[C@H]1[NH2+][CH2-])C3(C)C. The number of hydrogen-bond acceptors (Lipinski definition) is 0. The molecule has 2 aliphatic carbocycles. The minimum Gasteiger partial charge on any atom is -0.475 e. The Bertz CT molecular complexity index is 945. The van der Waals surface area contributed by atoms with Crippen LogP contribution in [0.3, 0.4) is 0 Å². The van der Waals surface area contributed by atoms with E-state index < -0.39 is 0 Å². The van der Waals surface area contributed by atoms with Crippen molar-refractivity contribution in [1.29, 1.82) is 0 Å². The van der Waals surface area contributed by atoms with E-state index in [0.29, 0.717) is 17.9 Å². The highest BCUT2D eigenvalue weighted by molar-refractivity contribution is 5.91. The van der Waals surface area contributed by atoms with Crippen molar-refractivity contribution in [1.82, 2.24) is 4.98 Å². The van der Waals surface area contributed by atoms with Gasteiger partial charge in [-0.1, -0.05) is 58.9 Å². The van der Waals surface area contributed by atoms with Gasteiger partial charge in [0.1, 0.15) is 0 Å². The van der Waals surface area contributed by atoms with Gasteiger partial charge >= 0.3 is 0 Å². The molecule has 0 bridgehead atoms. The van der Waals surface area contributed by atoms with Crippen molar-refractivity contribution in [2.75, 3.05) is 0 Å². The molecule has 150 valence electrons. The maximum Gasteiger partial charge on any atom is 0.0782 e. The molecular weight excluding hydrogens is 340 g/mol. The minimum atomic E-state index is -0.106. The zero-order valence-corrected chi connectivity index (χ0v) is 18.2. The number of aromatic nitrogens is 1. The third-order valence-electron chi connectivity index (χ3n) is 8.27. The molecule has 28 heavy (non-hydrogen) atoms. The molecule has 0 unspecified atom stereocenters. The predicted octanol–water partition coefficient (Wildman–Crippen LogP) is 5.33. The Hall–Kier alpha value is -1.80. The van der Waals surface area contributed by atoms with E-state index in [2.05, 4.69) is 95.5 Å². The summed E-state index contributed by atoms with van der Waals surface area (Å²) in [4.78, 5) is 3.82. The average Bonchev–Trinajstić information content (AvgIpc) is 3.06. The van der Waals surface area contributed by atoms with E-state index in [4.69, 9.17) is 0 Å². The molecule has 4 atom stereocenters. The van der Waals surface area contributed by atoms with Crippen LogP contribution in [0.25, 0.3) is 10.9 Å². The summed E-state index contributed by atoms with van der Waals surface area (Å²) in [7, 11) is 4.30. The Kier molecular flexibility index (Phi) is 4.25. The van der Waals surface area contributed by atoms with E-state index in [1.807, 2.05) is 0 Å². The van der Waals surface area contributed by atoms with Crippen LogP contribution in [0.15, 0.2) is 43.5 Å². The first-order valence-electron chi connectivity index (χ1n) is 10.7. The third-order valence-corrected chi connectivity index (χ3v) is 8.27. The highest BCUT2D eigenvalue weighted by atomic mass is 14.9. The lowest BCUT2D eigenvalue weighted by molar-refractivity contribution is -0.654. The van der Waals surface area contributed by atoms with Crippen LogP contribution in [0.5, 0.6) is 0 Å². The van der Waals surface area contributed by atoms with Crippen LogP contribution in [0.4, 0.5) is 0 Å². The van der Waals surface area contributed by atoms with Gasteiger partial charge in [0.25, 0.3) is 0 Å². The molecule has 0 aliphatic heterocycles. The number of nitrogens with one attached hydrogen (secondary N) is 1. The fraction of sp³-hybridized carbons (Fsp3) is 0.500. The normalized spacial score (nSPS) is 31.4. The van der Waals surface area contributed by atoms with Gasteiger partial charge < -0.3 is 10.3 Å². The smallest absolute Gasteiger partial charge is 0.0782 e. The minimum absolute atomic E-state index is 0.0878. The molecule has 2 nitrogen and oxygen atoms in total. The number of H-pyrrole nitrogens is 1. The van der Waals surface area contributed by atoms with Crippen molar-refractivity contribution in [3.63, 3.8) is 0 Å². The molecule has 0 amide bonds. The Morgan fingerprint density at radius 3 is 2.57 bits per heavy atom. The highest BCUT2D eigenvalue weighted by Gasteiger charge is 2.55. The van der Waals surface area contributed by atoms with Crippen LogP contribution in [0.2, 0.25) is 0 Å². The molecule has 0 spiro atoms. The van der Waals surface area contributed by atoms with Crippen LogP contribution >= 0.6 is 0 Å². The first kappa shape index (κ1) is 19.5. The number of nitrogens with two attached hydrogens (primary N) is 1. The van der Waals surface area contributed by atoms with E-state index in [9.17, 15) is 0 Å². The molecule has 0 radical (unpaired) electrons. The summed E-state index contributed by atoms with van der Waals surface area (Å²) in [6.07, 6.45) is 6.67. The summed E-state index contributed by atoms with van der Waals surface area (Å²) in [6.45, 7) is 20.2.